The summed E-state index contributed by atoms with van der Waals surface area (Å²) in [5.74, 6) is 0.230. The lowest BCUT2D eigenvalue weighted by Gasteiger charge is -2.29. The van der Waals surface area contributed by atoms with E-state index in [0.717, 1.165) is 46.8 Å². The third kappa shape index (κ3) is 9.28. The van der Waals surface area contributed by atoms with Gasteiger partial charge in [0.15, 0.2) is 0 Å². The molecule has 1 amide bonds. The molecule has 1 aliphatic carbocycles. The van der Waals surface area contributed by atoms with Crippen LogP contribution in [0.5, 0.6) is 0 Å². The van der Waals surface area contributed by atoms with Crippen LogP contribution in [0.1, 0.15) is 70.0 Å². The molecule has 0 saturated carbocycles. The fourth-order valence-electron chi connectivity index (χ4n) is 4.11. The molecule has 4 rings (SSSR count). The summed E-state index contributed by atoms with van der Waals surface area (Å²) in [4.78, 5) is 20.5. The van der Waals surface area contributed by atoms with Gasteiger partial charge >= 0.3 is 0 Å². The molecule has 1 atom stereocenters. The van der Waals surface area contributed by atoms with Crippen molar-refractivity contribution in [2.24, 2.45) is 17.0 Å². The molecule has 1 aliphatic rings. The van der Waals surface area contributed by atoms with Gasteiger partial charge in [0, 0.05) is 22.2 Å². The molecular formula is C31H42FN3OS. The van der Waals surface area contributed by atoms with Crippen molar-refractivity contribution >= 4 is 23.5 Å². The van der Waals surface area contributed by atoms with E-state index < -0.39 is 0 Å². The van der Waals surface area contributed by atoms with E-state index in [-0.39, 0.29) is 17.6 Å². The monoisotopic (exact) mass is 523 g/mol. The van der Waals surface area contributed by atoms with Crippen molar-refractivity contribution in [3.63, 3.8) is 0 Å². The summed E-state index contributed by atoms with van der Waals surface area (Å²) in [7, 11) is 0. The van der Waals surface area contributed by atoms with E-state index in [1.165, 1.54) is 36.1 Å². The Morgan fingerprint density at radius 2 is 1.68 bits per heavy atom. The highest BCUT2D eigenvalue weighted by Gasteiger charge is 2.25. The van der Waals surface area contributed by atoms with E-state index in [9.17, 15) is 9.18 Å². The molecule has 6 heteroatoms. The van der Waals surface area contributed by atoms with Crippen LogP contribution >= 0.6 is 11.9 Å². The van der Waals surface area contributed by atoms with Crippen LogP contribution in [-0.4, -0.2) is 10.9 Å². The molecule has 37 heavy (non-hydrogen) atoms. The van der Waals surface area contributed by atoms with Gasteiger partial charge in [-0.1, -0.05) is 52.8 Å². The lowest BCUT2D eigenvalue weighted by atomic mass is 9.91. The SMILES string of the molecule is CC.Cc1cccc(CN(C(=O)[C@@H](C)C(C)C)c2ccc3c(c2)CCCC3)n1.NSc1cccc(F)c1. The number of anilines is 1. The zero-order chi connectivity index (χ0) is 27.4. The van der Waals surface area contributed by atoms with Gasteiger partial charge in [0.25, 0.3) is 0 Å². The molecule has 3 aromatic rings. The molecule has 0 saturated heterocycles. The molecule has 0 fully saturated rings. The van der Waals surface area contributed by atoms with Gasteiger partial charge in [0.05, 0.1) is 12.2 Å². The maximum absolute atomic E-state index is 13.2. The molecule has 0 spiro atoms. The number of amides is 1. The Morgan fingerprint density at radius 3 is 2.27 bits per heavy atom. The average Bonchev–Trinajstić information content (AvgIpc) is 2.92. The van der Waals surface area contributed by atoms with Crippen LogP contribution in [0, 0.1) is 24.6 Å². The number of halogens is 1. The average molecular weight is 524 g/mol. The van der Waals surface area contributed by atoms with E-state index in [1.54, 1.807) is 12.1 Å². The van der Waals surface area contributed by atoms with Crippen LogP contribution in [0.3, 0.4) is 0 Å². The fourth-order valence-corrected chi connectivity index (χ4v) is 4.44. The molecule has 0 unspecified atom stereocenters. The highest BCUT2D eigenvalue weighted by molar-refractivity contribution is 7.97. The molecular weight excluding hydrogens is 481 g/mol. The zero-order valence-electron chi connectivity index (χ0n) is 23.1. The minimum atomic E-state index is -0.245. The van der Waals surface area contributed by atoms with E-state index >= 15 is 0 Å². The molecule has 0 bridgehead atoms. The Hall–Kier alpha value is -2.70. The fraction of sp³-hybridized carbons (Fsp3) is 0.419. The van der Waals surface area contributed by atoms with Crippen molar-refractivity contribution in [3.05, 3.63) is 89.0 Å². The molecule has 1 heterocycles. The Labute approximate surface area is 227 Å². The first kappa shape index (κ1) is 30.5. The highest BCUT2D eigenvalue weighted by atomic mass is 32.2. The normalized spacial score (nSPS) is 12.9. The summed E-state index contributed by atoms with van der Waals surface area (Å²) in [5.41, 5.74) is 5.77. The van der Waals surface area contributed by atoms with Crippen molar-refractivity contribution in [3.8, 4) is 0 Å². The van der Waals surface area contributed by atoms with Gasteiger partial charge in [-0.25, -0.2) is 4.39 Å². The summed E-state index contributed by atoms with van der Waals surface area (Å²) < 4.78 is 12.3. The number of nitrogens with two attached hydrogens (primary N) is 1. The standard InChI is InChI=1S/C23H30N2O.C6H6FNS.C2H6/c1-16(2)18(4)23(26)25(15-21-11-7-8-17(3)24-21)22-13-12-19-9-5-6-10-20(19)14-22;7-5-2-1-3-6(4-5)9-8;1-2/h7-8,11-14,16,18H,5-6,9-10,15H2,1-4H3;1-4H,8H2;1-2H3/t18-;;/m0../s1. The summed E-state index contributed by atoms with van der Waals surface area (Å²) >= 11 is 1.04. The third-order valence-corrected chi connectivity index (χ3v) is 7.02. The topological polar surface area (TPSA) is 59.2 Å². The Morgan fingerprint density at radius 1 is 1.00 bits per heavy atom. The quantitative estimate of drug-likeness (QED) is 0.334. The van der Waals surface area contributed by atoms with Gasteiger partial charge in [0.1, 0.15) is 5.82 Å². The van der Waals surface area contributed by atoms with Crippen LogP contribution in [0.4, 0.5) is 10.1 Å². The minimum absolute atomic E-state index is 0.0177. The Kier molecular flexibility index (Phi) is 12.8. The summed E-state index contributed by atoms with van der Waals surface area (Å²) in [6.07, 6.45) is 4.79. The van der Waals surface area contributed by atoms with Crippen LogP contribution < -0.4 is 10.0 Å². The molecule has 2 N–H and O–H groups in total. The van der Waals surface area contributed by atoms with Crippen molar-refractivity contribution in [1.29, 1.82) is 0 Å². The van der Waals surface area contributed by atoms with Gasteiger partial charge < -0.3 is 4.90 Å². The molecule has 1 aromatic heterocycles. The van der Waals surface area contributed by atoms with Crippen LogP contribution in [0.25, 0.3) is 0 Å². The summed E-state index contributed by atoms with van der Waals surface area (Å²) in [6.45, 7) is 12.8. The Balaban J connectivity index is 0.000000367. The van der Waals surface area contributed by atoms with Crippen LogP contribution in [-0.2, 0) is 24.2 Å². The smallest absolute Gasteiger partial charge is 0.230 e. The number of pyridine rings is 1. The van der Waals surface area contributed by atoms with E-state index in [0.29, 0.717) is 12.5 Å². The maximum Gasteiger partial charge on any atom is 0.230 e. The van der Waals surface area contributed by atoms with Crippen molar-refractivity contribution in [1.82, 2.24) is 4.98 Å². The first-order valence-corrected chi connectivity index (χ1v) is 14.1. The highest BCUT2D eigenvalue weighted by Crippen LogP contribution is 2.29. The number of hydrogen-bond donors (Lipinski definition) is 1. The third-order valence-electron chi connectivity index (χ3n) is 6.50. The number of rotatable bonds is 6. The number of aromatic nitrogens is 1. The molecule has 4 nitrogen and oxygen atoms in total. The number of fused-ring (bicyclic) bond motifs is 1. The van der Waals surface area contributed by atoms with Crippen molar-refractivity contribution < 1.29 is 9.18 Å². The first-order chi connectivity index (χ1) is 17.8. The van der Waals surface area contributed by atoms with Gasteiger partial charge in [-0.3, -0.25) is 14.9 Å². The Bertz CT molecular complexity index is 1130. The van der Waals surface area contributed by atoms with Gasteiger partial charge in [-0.05, 0) is 104 Å². The zero-order valence-corrected chi connectivity index (χ0v) is 23.9. The van der Waals surface area contributed by atoms with E-state index in [1.807, 2.05) is 50.8 Å². The molecule has 0 radical (unpaired) electrons. The number of carbonyl (C=O) groups is 1. The maximum atomic E-state index is 13.2. The van der Waals surface area contributed by atoms with Gasteiger partial charge in [-0.15, -0.1) is 0 Å². The predicted octanol–water partition coefficient (Wildman–Crippen LogP) is 7.91. The van der Waals surface area contributed by atoms with Crippen molar-refractivity contribution in [2.75, 3.05) is 4.90 Å². The number of benzene rings is 2. The van der Waals surface area contributed by atoms with Gasteiger partial charge in [0.2, 0.25) is 5.91 Å². The molecule has 0 aliphatic heterocycles. The van der Waals surface area contributed by atoms with Gasteiger partial charge in [-0.2, -0.15) is 0 Å². The second-order valence-electron chi connectivity index (χ2n) is 9.46. The van der Waals surface area contributed by atoms with Crippen LogP contribution in [0.15, 0.2) is 65.6 Å². The summed E-state index contributed by atoms with van der Waals surface area (Å²) in [5, 5.41) is 5.17. The lowest BCUT2D eigenvalue weighted by molar-refractivity contribution is -0.123. The molecule has 200 valence electrons. The van der Waals surface area contributed by atoms with E-state index in [4.69, 9.17) is 5.14 Å². The predicted molar refractivity (Wildman–Crippen MR) is 155 cm³/mol. The minimum Gasteiger partial charge on any atom is -0.306 e. The first-order valence-electron chi connectivity index (χ1n) is 13.3. The van der Waals surface area contributed by atoms with Crippen molar-refractivity contribution in [2.45, 2.75) is 78.7 Å². The lowest BCUT2D eigenvalue weighted by Crippen LogP contribution is -2.37. The second-order valence-corrected chi connectivity index (χ2v) is 10.2. The number of carbonyl (C=O) groups excluding carboxylic acids is 1. The second kappa shape index (κ2) is 15.5. The number of nitrogens with zero attached hydrogens (tertiary/aromatic N) is 2. The summed E-state index contributed by atoms with van der Waals surface area (Å²) in [6, 6.07) is 18.7. The largest absolute Gasteiger partial charge is 0.306 e. The number of aryl methyl sites for hydroxylation is 3. The van der Waals surface area contributed by atoms with E-state index in [2.05, 4.69) is 37.0 Å². The van der Waals surface area contributed by atoms with Crippen LogP contribution in [0.2, 0.25) is 0 Å². The number of hydrogen-bond acceptors (Lipinski definition) is 4. The molecule has 2 aromatic carbocycles.